The van der Waals surface area contributed by atoms with Crippen molar-refractivity contribution in [3.63, 3.8) is 0 Å². The van der Waals surface area contributed by atoms with Crippen LogP contribution < -0.4 is 10.2 Å². The van der Waals surface area contributed by atoms with Crippen molar-refractivity contribution in [3.8, 4) is 5.69 Å². The van der Waals surface area contributed by atoms with Crippen molar-refractivity contribution >= 4 is 46.6 Å². The number of nitrogens with zero attached hydrogens (tertiary/aromatic N) is 7. The molecule has 8 nitrogen and oxygen atoms in total. The summed E-state index contributed by atoms with van der Waals surface area (Å²) in [6.45, 7) is 6.48. The number of hydrogen-bond acceptors (Lipinski definition) is 6. The minimum atomic E-state index is 0. The van der Waals surface area contributed by atoms with Crippen LogP contribution in [0.3, 0.4) is 0 Å². The van der Waals surface area contributed by atoms with Gasteiger partial charge < -0.3 is 15.1 Å². The molecule has 1 aliphatic rings. The van der Waals surface area contributed by atoms with E-state index in [0.717, 1.165) is 61.7 Å². The highest BCUT2D eigenvalue weighted by molar-refractivity contribution is 14.0. The highest BCUT2D eigenvalue weighted by Crippen LogP contribution is 2.19. The minimum Gasteiger partial charge on any atom is -0.352 e. The average Bonchev–Trinajstić information content (AvgIpc) is 3.47. The van der Waals surface area contributed by atoms with Gasteiger partial charge in [-0.1, -0.05) is 19.1 Å². The summed E-state index contributed by atoms with van der Waals surface area (Å²) in [7, 11) is 1.84. The summed E-state index contributed by atoms with van der Waals surface area (Å²) in [6, 6.07) is 10.3. The summed E-state index contributed by atoms with van der Waals surface area (Å²) in [5, 5.41) is 8.83. The summed E-state index contributed by atoms with van der Waals surface area (Å²) in [4.78, 5) is 13.7. The Hall–Kier alpha value is -2.21. The fraction of sp³-hybridized carbons (Fsp3) is 0.400. The first kappa shape index (κ1) is 22.5. The van der Waals surface area contributed by atoms with Gasteiger partial charge in [0.1, 0.15) is 5.82 Å². The van der Waals surface area contributed by atoms with Crippen molar-refractivity contribution in [1.29, 1.82) is 0 Å². The number of piperazine rings is 1. The zero-order chi connectivity index (χ0) is 20.1. The first-order chi connectivity index (χ1) is 14.3. The fourth-order valence-electron chi connectivity index (χ4n) is 3.37. The van der Waals surface area contributed by atoms with Gasteiger partial charge in [-0.15, -0.1) is 24.0 Å². The Morgan fingerprint density at radius 3 is 2.70 bits per heavy atom. The van der Waals surface area contributed by atoms with Crippen LogP contribution in [0.5, 0.6) is 0 Å². The van der Waals surface area contributed by atoms with E-state index in [1.807, 2.05) is 24.0 Å². The molecule has 1 fully saturated rings. The second kappa shape index (κ2) is 10.7. The number of anilines is 1. The Balaban J connectivity index is 0.00000256. The molecule has 0 unspecified atom stereocenters. The Bertz CT molecular complexity index is 947. The molecule has 0 radical (unpaired) electrons. The minimum absolute atomic E-state index is 0. The third-order valence-electron chi connectivity index (χ3n) is 4.97. The van der Waals surface area contributed by atoms with E-state index in [2.05, 4.69) is 65.8 Å². The van der Waals surface area contributed by atoms with Gasteiger partial charge in [0.05, 0.1) is 5.69 Å². The van der Waals surface area contributed by atoms with Crippen LogP contribution >= 0.6 is 35.5 Å². The number of rotatable bonds is 5. The van der Waals surface area contributed by atoms with E-state index in [-0.39, 0.29) is 24.0 Å². The van der Waals surface area contributed by atoms with Gasteiger partial charge in [-0.3, -0.25) is 4.99 Å². The van der Waals surface area contributed by atoms with Gasteiger partial charge >= 0.3 is 0 Å². The molecule has 2 aromatic heterocycles. The molecule has 10 heteroatoms. The zero-order valence-corrected chi connectivity index (χ0v) is 20.4. The molecule has 0 amide bonds. The van der Waals surface area contributed by atoms with Gasteiger partial charge in [-0.2, -0.15) is 9.47 Å². The summed E-state index contributed by atoms with van der Waals surface area (Å²) in [5.74, 6) is 1.86. The second-order valence-corrected chi connectivity index (χ2v) is 7.57. The van der Waals surface area contributed by atoms with Gasteiger partial charge in [0.25, 0.3) is 0 Å². The maximum Gasteiger partial charge on any atom is 0.205 e. The van der Waals surface area contributed by atoms with Crippen molar-refractivity contribution in [1.82, 2.24) is 29.4 Å². The number of hydrogen-bond donors (Lipinski definition) is 1. The number of nitrogens with one attached hydrogen (secondary N) is 1. The van der Waals surface area contributed by atoms with Crippen LogP contribution in [0.25, 0.3) is 5.69 Å². The molecule has 4 rings (SSSR count). The van der Waals surface area contributed by atoms with Crippen LogP contribution in [0.15, 0.2) is 47.7 Å². The maximum absolute atomic E-state index is 4.61. The number of halogens is 1. The number of aromatic nitrogens is 4. The molecular formula is C20H27IN8S. The molecule has 1 N–H and O–H groups in total. The zero-order valence-electron chi connectivity index (χ0n) is 17.2. The van der Waals surface area contributed by atoms with E-state index < -0.39 is 0 Å². The molecule has 1 aliphatic heterocycles. The van der Waals surface area contributed by atoms with Crippen molar-refractivity contribution in [2.75, 3.05) is 38.1 Å². The van der Waals surface area contributed by atoms with E-state index in [0.29, 0.717) is 0 Å². The Labute approximate surface area is 198 Å². The smallest absolute Gasteiger partial charge is 0.205 e. The van der Waals surface area contributed by atoms with Crippen LogP contribution in [-0.4, -0.2) is 63.2 Å². The van der Waals surface area contributed by atoms with E-state index in [1.165, 1.54) is 17.1 Å². The van der Waals surface area contributed by atoms with Crippen molar-refractivity contribution in [2.45, 2.75) is 19.9 Å². The molecule has 0 aliphatic carbocycles. The lowest BCUT2D eigenvalue weighted by molar-refractivity contribution is 0.372. The maximum atomic E-state index is 4.61. The van der Waals surface area contributed by atoms with E-state index in [1.54, 1.807) is 6.20 Å². The van der Waals surface area contributed by atoms with Gasteiger partial charge in [-0.25, -0.2) is 9.67 Å². The number of benzene rings is 1. The first-order valence-corrected chi connectivity index (χ1v) is 10.7. The van der Waals surface area contributed by atoms with Crippen LogP contribution in [0, 0.1) is 0 Å². The third kappa shape index (κ3) is 5.28. The summed E-state index contributed by atoms with van der Waals surface area (Å²) >= 11 is 1.50. The Morgan fingerprint density at radius 1 is 1.20 bits per heavy atom. The molecule has 0 spiro atoms. The first-order valence-electron chi connectivity index (χ1n) is 9.89. The average molecular weight is 538 g/mol. The quantitative estimate of drug-likeness (QED) is 0.306. The highest BCUT2D eigenvalue weighted by Gasteiger charge is 2.22. The lowest BCUT2D eigenvalue weighted by atomic mass is 10.2. The number of aliphatic imine (C=N–C) groups is 1. The van der Waals surface area contributed by atoms with Crippen molar-refractivity contribution in [3.05, 3.63) is 54.1 Å². The van der Waals surface area contributed by atoms with E-state index >= 15 is 0 Å². The van der Waals surface area contributed by atoms with Crippen molar-refractivity contribution < 1.29 is 0 Å². The largest absolute Gasteiger partial charge is 0.352 e. The predicted molar refractivity (Wildman–Crippen MR) is 132 cm³/mol. The van der Waals surface area contributed by atoms with Gasteiger partial charge in [-0.05, 0) is 23.8 Å². The molecule has 1 saturated heterocycles. The van der Waals surface area contributed by atoms with Crippen LogP contribution in [0.2, 0.25) is 0 Å². The number of aryl methyl sites for hydroxylation is 1. The third-order valence-corrected chi connectivity index (χ3v) is 5.78. The molecule has 30 heavy (non-hydrogen) atoms. The number of guanidine groups is 1. The molecule has 1 aromatic carbocycles. The van der Waals surface area contributed by atoms with Crippen LogP contribution in [-0.2, 0) is 13.0 Å². The molecule has 3 aromatic rings. The van der Waals surface area contributed by atoms with Crippen LogP contribution in [0.4, 0.5) is 5.13 Å². The van der Waals surface area contributed by atoms with E-state index in [4.69, 9.17) is 0 Å². The Kier molecular flexibility index (Phi) is 8.02. The molecule has 0 saturated carbocycles. The summed E-state index contributed by atoms with van der Waals surface area (Å²) < 4.78 is 6.27. The van der Waals surface area contributed by atoms with Crippen LogP contribution in [0.1, 0.15) is 18.3 Å². The molecule has 3 heterocycles. The monoisotopic (exact) mass is 538 g/mol. The SMILES string of the molecule is CCc1nsc(N2CCN(C(=NC)NCc3cccc(-n4cccn4)c3)CC2)n1.I. The second-order valence-electron chi connectivity index (χ2n) is 6.84. The highest BCUT2D eigenvalue weighted by atomic mass is 127. The topological polar surface area (TPSA) is 74.5 Å². The molecule has 0 atom stereocenters. The summed E-state index contributed by atoms with van der Waals surface area (Å²) in [5.41, 5.74) is 2.25. The fourth-order valence-corrected chi connectivity index (χ4v) is 4.17. The predicted octanol–water partition coefficient (Wildman–Crippen LogP) is 2.80. The Morgan fingerprint density at radius 2 is 2.03 bits per heavy atom. The lowest BCUT2D eigenvalue weighted by Gasteiger charge is -2.36. The standard InChI is InChI=1S/C20H26N8S.HI/c1-3-18-24-20(29-25-18)27-12-10-26(11-13-27)19(21-2)22-15-16-6-4-7-17(14-16)28-9-5-8-23-28;/h4-9,14H,3,10-13,15H2,1-2H3,(H,21,22);1H. The van der Waals surface area contributed by atoms with Crippen molar-refractivity contribution in [2.24, 2.45) is 4.99 Å². The summed E-state index contributed by atoms with van der Waals surface area (Å²) in [6.07, 6.45) is 4.62. The van der Waals surface area contributed by atoms with E-state index in [9.17, 15) is 0 Å². The van der Waals surface area contributed by atoms with Gasteiger partial charge in [0, 0.05) is 70.1 Å². The normalized spacial score (nSPS) is 14.5. The molecular weight excluding hydrogens is 511 g/mol. The van der Waals surface area contributed by atoms with Gasteiger partial charge in [0.2, 0.25) is 5.13 Å². The van der Waals surface area contributed by atoms with Gasteiger partial charge in [0.15, 0.2) is 5.96 Å². The lowest BCUT2D eigenvalue weighted by Crippen LogP contribution is -2.52. The molecule has 0 bridgehead atoms. The molecule has 160 valence electrons.